The van der Waals surface area contributed by atoms with E-state index in [1.165, 1.54) is 0 Å². The van der Waals surface area contributed by atoms with Gasteiger partial charge in [-0.25, -0.2) is 5.01 Å². The summed E-state index contributed by atoms with van der Waals surface area (Å²) in [5, 5.41) is 7.97. The molecule has 0 saturated carbocycles. The van der Waals surface area contributed by atoms with E-state index in [-0.39, 0.29) is 11.6 Å². The van der Waals surface area contributed by atoms with Crippen LogP contribution in [-0.2, 0) is 4.74 Å². The van der Waals surface area contributed by atoms with Gasteiger partial charge in [-0.05, 0) is 26.0 Å². The van der Waals surface area contributed by atoms with E-state index in [0.717, 1.165) is 46.2 Å². The van der Waals surface area contributed by atoms with E-state index < -0.39 is 5.72 Å². The number of hydrogen-bond acceptors (Lipinski definition) is 5. The molecule has 0 unspecified atom stereocenters. The highest BCUT2D eigenvalue weighted by Crippen LogP contribution is 2.54. The zero-order valence-electron chi connectivity index (χ0n) is 16.9. The fourth-order valence-corrected chi connectivity index (χ4v) is 5.11. The molecule has 5 rings (SSSR count). The Bertz CT molecular complexity index is 990. The Labute approximate surface area is 176 Å². The first-order chi connectivity index (χ1) is 13.9. The smallest absolute Gasteiger partial charge is 0.203 e. The van der Waals surface area contributed by atoms with Gasteiger partial charge in [0.1, 0.15) is 0 Å². The van der Waals surface area contributed by atoms with Crippen LogP contribution in [0.2, 0.25) is 5.02 Å². The molecule has 152 valence electrons. The molecule has 0 N–H and O–H groups in total. The Morgan fingerprint density at radius 1 is 1.17 bits per heavy atom. The van der Waals surface area contributed by atoms with Crippen LogP contribution in [0.4, 0.5) is 0 Å². The molecule has 0 radical (unpaired) electrons. The average molecular weight is 413 g/mol. The maximum absolute atomic E-state index is 6.73. The summed E-state index contributed by atoms with van der Waals surface area (Å²) >= 11 is 6.50. The van der Waals surface area contributed by atoms with Crippen molar-refractivity contribution in [3.8, 4) is 11.5 Å². The Morgan fingerprint density at radius 2 is 2.00 bits per heavy atom. The fourth-order valence-electron chi connectivity index (χ4n) is 4.86. The van der Waals surface area contributed by atoms with Gasteiger partial charge in [-0.15, -0.1) is 0 Å². The van der Waals surface area contributed by atoms with Crippen molar-refractivity contribution in [3.63, 3.8) is 0 Å². The molecule has 3 heterocycles. The molecule has 0 bridgehead atoms. The number of halogens is 1. The molecule has 3 aliphatic rings. The molecule has 29 heavy (non-hydrogen) atoms. The maximum atomic E-state index is 6.73. The van der Waals surface area contributed by atoms with Crippen molar-refractivity contribution in [2.75, 3.05) is 13.7 Å². The Kier molecular flexibility index (Phi) is 4.30. The third-order valence-electron chi connectivity index (χ3n) is 6.08. The predicted octanol–water partition coefficient (Wildman–Crippen LogP) is 5.18. The maximum Gasteiger partial charge on any atom is 0.203 e. The van der Waals surface area contributed by atoms with Crippen molar-refractivity contribution < 1.29 is 14.2 Å². The second kappa shape index (κ2) is 6.64. The van der Waals surface area contributed by atoms with Crippen molar-refractivity contribution >= 4 is 17.3 Å². The highest BCUT2D eigenvalue weighted by atomic mass is 35.5. The summed E-state index contributed by atoms with van der Waals surface area (Å²) in [5.41, 5.74) is 2.20. The van der Waals surface area contributed by atoms with Crippen molar-refractivity contribution in [1.29, 1.82) is 0 Å². The predicted molar refractivity (Wildman–Crippen MR) is 113 cm³/mol. The van der Waals surface area contributed by atoms with E-state index in [9.17, 15) is 0 Å². The molecule has 1 fully saturated rings. The number of methoxy groups -OCH3 is 1. The molecular weight excluding hydrogens is 388 g/mol. The van der Waals surface area contributed by atoms with Crippen LogP contribution in [-0.4, -0.2) is 35.8 Å². The minimum atomic E-state index is -0.572. The highest BCUT2D eigenvalue weighted by molar-refractivity contribution is 6.34. The van der Waals surface area contributed by atoms with Gasteiger partial charge in [-0.1, -0.05) is 41.9 Å². The molecule has 2 aromatic rings. The van der Waals surface area contributed by atoms with Gasteiger partial charge in [-0.2, -0.15) is 5.10 Å². The second-order valence-electron chi connectivity index (χ2n) is 8.55. The number of hydrazone groups is 1. The van der Waals surface area contributed by atoms with E-state index in [1.54, 1.807) is 7.11 Å². The number of benzene rings is 2. The molecular formula is C23H25ClN2O3. The van der Waals surface area contributed by atoms with Gasteiger partial charge < -0.3 is 14.2 Å². The van der Waals surface area contributed by atoms with Crippen molar-refractivity contribution in [1.82, 2.24) is 5.01 Å². The van der Waals surface area contributed by atoms with Gasteiger partial charge in [0.2, 0.25) is 5.72 Å². The Hall–Kier alpha value is -2.24. The van der Waals surface area contributed by atoms with Gasteiger partial charge in [0.15, 0.2) is 11.5 Å². The molecule has 6 heteroatoms. The van der Waals surface area contributed by atoms with Crippen LogP contribution in [0, 0.1) is 0 Å². The first-order valence-electron chi connectivity index (χ1n) is 10.0. The number of fused-ring (bicyclic) bond motifs is 4. The zero-order chi connectivity index (χ0) is 20.2. The van der Waals surface area contributed by atoms with Gasteiger partial charge in [0, 0.05) is 35.4 Å². The second-order valence-corrected chi connectivity index (χ2v) is 8.96. The summed E-state index contributed by atoms with van der Waals surface area (Å²) in [6, 6.07) is 14.1. The van der Waals surface area contributed by atoms with Crippen molar-refractivity contribution in [2.45, 2.75) is 50.5 Å². The molecule has 2 atom stereocenters. The molecule has 1 saturated heterocycles. The first kappa shape index (κ1) is 18.8. The summed E-state index contributed by atoms with van der Waals surface area (Å²) < 4.78 is 18.4. The lowest BCUT2D eigenvalue weighted by molar-refractivity contribution is -0.212. The van der Waals surface area contributed by atoms with Crippen LogP contribution in [0.3, 0.4) is 0 Å². The van der Waals surface area contributed by atoms with E-state index in [2.05, 4.69) is 24.9 Å². The van der Waals surface area contributed by atoms with Crippen molar-refractivity contribution in [2.24, 2.45) is 5.10 Å². The lowest BCUT2D eigenvalue weighted by atomic mass is 9.86. The molecule has 2 aromatic carbocycles. The molecule has 0 aromatic heterocycles. The topological polar surface area (TPSA) is 43.3 Å². The van der Waals surface area contributed by atoms with Crippen LogP contribution in [0.25, 0.3) is 0 Å². The summed E-state index contributed by atoms with van der Waals surface area (Å²) in [5.74, 6) is 1.58. The monoisotopic (exact) mass is 412 g/mol. The van der Waals surface area contributed by atoms with E-state index in [0.29, 0.717) is 13.0 Å². The van der Waals surface area contributed by atoms with E-state index >= 15 is 0 Å². The minimum Gasteiger partial charge on any atom is -0.493 e. The lowest BCUT2D eigenvalue weighted by Crippen LogP contribution is -2.60. The van der Waals surface area contributed by atoms with Crippen molar-refractivity contribution in [3.05, 3.63) is 58.6 Å². The Morgan fingerprint density at radius 3 is 2.76 bits per heavy atom. The molecule has 0 aliphatic carbocycles. The number of ether oxygens (including phenoxy) is 3. The number of hydrogen-bond donors (Lipinski definition) is 0. The summed E-state index contributed by atoms with van der Waals surface area (Å²) in [4.78, 5) is 0. The summed E-state index contributed by atoms with van der Waals surface area (Å²) in [6.07, 6.45) is 2.23. The quantitative estimate of drug-likeness (QED) is 0.681. The largest absolute Gasteiger partial charge is 0.493 e. The van der Waals surface area contributed by atoms with E-state index in [1.807, 2.05) is 36.4 Å². The summed E-state index contributed by atoms with van der Waals surface area (Å²) in [7, 11) is 1.69. The number of rotatable bonds is 2. The zero-order valence-corrected chi connectivity index (χ0v) is 17.7. The van der Waals surface area contributed by atoms with Crippen LogP contribution in [0.1, 0.15) is 50.3 Å². The van der Waals surface area contributed by atoms with Crippen LogP contribution in [0.15, 0.2) is 47.6 Å². The third kappa shape index (κ3) is 2.99. The van der Waals surface area contributed by atoms with Crippen LogP contribution in [0.5, 0.6) is 11.5 Å². The first-order valence-corrected chi connectivity index (χ1v) is 10.4. The summed E-state index contributed by atoms with van der Waals surface area (Å²) in [6.45, 7) is 4.84. The highest BCUT2D eigenvalue weighted by Gasteiger charge is 2.55. The van der Waals surface area contributed by atoms with Crippen LogP contribution < -0.4 is 9.47 Å². The van der Waals surface area contributed by atoms with Gasteiger partial charge >= 0.3 is 0 Å². The molecule has 5 nitrogen and oxygen atoms in total. The third-order valence-corrected chi connectivity index (χ3v) is 6.41. The fraction of sp³-hybridized carbons (Fsp3) is 0.435. The van der Waals surface area contributed by atoms with E-state index in [4.69, 9.17) is 30.9 Å². The minimum absolute atomic E-state index is 0.0778. The molecule has 3 aliphatic heterocycles. The standard InChI is InChI=1S/C23H25ClN2O3/c1-22(2)14-23(11-12-28-22)26-19(16-8-6-10-20(27-3)21(16)29-23)13-18(25-26)15-7-4-5-9-17(15)24/h4-10,19H,11-14H2,1-3H3/t19-,23-/m0/s1. The van der Waals surface area contributed by atoms with Crippen LogP contribution >= 0.6 is 11.6 Å². The van der Waals surface area contributed by atoms with Gasteiger partial charge in [0.25, 0.3) is 0 Å². The average Bonchev–Trinajstić information content (AvgIpc) is 3.14. The van der Waals surface area contributed by atoms with Gasteiger partial charge in [-0.3, -0.25) is 0 Å². The SMILES string of the molecule is COc1cccc2c1O[C@]1(CCOC(C)(C)C1)N1N=C(c3ccccc3Cl)C[C@@H]21. The number of para-hydroxylation sites is 1. The normalized spacial score (nSPS) is 27.1. The van der Waals surface area contributed by atoms with Gasteiger partial charge in [0.05, 0.1) is 31.1 Å². The lowest BCUT2D eigenvalue weighted by Gasteiger charge is -2.52. The number of nitrogens with zero attached hydrogens (tertiary/aromatic N) is 2. The molecule has 1 spiro atoms. The molecule has 0 amide bonds. The Balaban J connectivity index is 1.65.